The molecular weight excluding hydrogens is 310 g/mol. The van der Waals surface area contributed by atoms with Crippen molar-refractivity contribution >= 4 is 17.7 Å². The van der Waals surface area contributed by atoms with E-state index < -0.39 is 11.9 Å². The quantitative estimate of drug-likeness (QED) is 0.808. The number of hydrogen-bond donors (Lipinski definition) is 1. The summed E-state index contributed by atoms with van der Waals surface area (Å²) in [5.41, 5.74) is 0.540. The van der Waals surface area contributed by atoms with Gasteiger partial charge >= 0.3 is 5.97 Å². The molecule has 6 heteroatoms. The van der Waals surface area contributed by atoms with Crippen LogP contribution in [0.5, 0.6) is 5.75 Å². The minimum atomic E-state index is -0.866. The molecule has 2 rings (SSSR count). The number of carbonyl (C=O) groups excluding carboxylic acids is 2. The van der Waals surface area contributed by atoms with E-state index >= 15 is 0 Å². The van der Waals surface area contributed by atoms with Gasteiger partial charge < -0.3 is 14.7 Å². The van der Waals surface area contributed by atoms with Crippen LogP contribution in [0.4, 0.5) is 0 Å². The van der Waals surface area contributed by atoms with Crippen LogP contribution in [0, 0.1) is 5.92 Å². The number of amides is 1. The normalized spacial score (nSPS) is 20.5. The van der Waals surface area contributed by atoms with Gasteiger partial charge in [-0.05, 0) is 44.0 Å². The SMILES string of the molecule is COc1ccc(C(=O)CCC(=O)N2CCC[C@H](C(=O)O)[C@@H]2C)cc1. The first-order chi connectivity index (χ1) is 11.4. The Morgan fingerprint density at radius 3 is 2.46 bits per heavy atom. The van der Waals surface area contributed by atoms with Crippen LogP contribution in [0.15, 0.2) is 24.3 Å². The second-order valence-electron chi connectivity index (χ2n) is 6.07. The summed E-state index contributed by atoms with van der Waals surface area (Å²) in [5.74, 6) is -0.987. The van der Waals surface area contributed by atoms with Crippen molar-refractivity contribution in [1.82, 2.24) is 4.90 Å². The Morgan fingerprint density at radius 2 is 1.88 bits per heavy atom. The zero-order chi connectivity index (χ0) is 17.7. The third kappa shape index (κ3) is 4.13. The third-order valence-corrected chi connectivity index (χ3v) is 4.60. The van der Waals surface area contributed by atoms with Crippen LogP contribution in [0.1, 0.15) is 43.0 Å². The van der Waals surface area contributed by atoms with Gasteiger partial charge in [0.1, 0.15) is 5.75 Å². The van der Waals surface area contributed by atoms with Gasteiger partial charge in [-0.15, -0.1) is 0 Å². The van der Waals surface area contributed by atoms with Crippen molar-refractivity contribution in [1.29, 1.82) is 0 Å². The minimum Gasteiger partial charge on any atom is -0.497 e. The summed E-state index contributed by atoms with van der Waals surface area (Å²) in [6.45, 7) is 2.32. The van der Waals surface area contributed by atoms with Crippen LogP contribution in [0.3, 0.4) is 0 Å². The molecule has 1 amide bonds. The summed E-state index contributed by atoms with van der Waals surface area (Å²) in [7, 11) is 1.56. The number of likely N-dealkylation sites (tertiary alicyclic amines) is 1. The van der Waals surface area contributed by atoms with E-state index in [2.05, 4.69) is 0 Å². The number of ketones is 1. The number of aliphatic carboxylic acids is 1. The summed E-state index contributed by atoms with van der Waals surface area (Å²) in [6.07, 6.45) is 1.48. The number of piperidine rings is 1. The Balaban J connectivity index is 1.91. The number of carbonyl (C=O) groups is 3. The van der Waals surface area contributed by atoms with E-state index in [1.54, 1.807) is 43.2 Å². The minimum absolute atomic E-state index is 0.0988. The Hall–Kier alpha value is -2.37. The number of hydrogen-bond acceptors (Lipinski definition) is 4. The Kier molecular flexibility index (Phi) is 5.95. The van der Waals surface area contributed by atoms with E-state index in [4.69, 9.17) is 4.74 Å². The van der Waals surface area contributed by atoms with Crippen LogP contribution in [-0.4, -0.2) is 47.4 Å². The lowest BCUT2D eigenvalue weighted by Crippen LogP contribution is -2.49. The van der Waals surface area contributed by atoms with Crippen LogP contribution < -0.4 is 4.74 Å². The lowest BCUT2D eigenvalue weighted by Gasteiger charge is -2.37. The van der Waals surface area contributed by atoms with E-state index in [9.17, 15) is 19.5 Å². The van der Waals surface area contributed by atoms with Crippen LogP contribution in [0.2, 0.25) is 0 Å². The number of nitrogens with zero attached hydrogens (tertiary/aromatic N) is 1. The molecule has 1 aromatic carbocycles. The van der Waals surface area contributed by atoms with Gasteiger partial charge in [0.2, 0.25) is 5.91 Å². The monoisotopic (exact) mass is 333 g/mol. The summed E-state index contributed by atoms with van der Waals surface area (Å²) in [4.78, 5) is 37.4. The molecule has 0 saturated carbocycles. The molecule has 24 heavy (non-hydrogen) atoms. The molecule has 0 bridgehead atoms. The van der Waals surface area contributed by atoms with Crippen molar-refractivity contribution in [3.63, 3.8) is 0 Å². The number of ether oxygens (including phenoxy) is 1. The van der Waals surface area contributed by atoms with Crippen molar-refractivity contribution in [2.24, 2.45) is 5.92 Å². The molecule has 1 aliphatic rings. The summed E-state index contributed by atoms with van der Waals surface area (Å²) < 4.78 is 5.05. The van der Waals surface area contributed by atoms with Crippen LogP contribution in [-0.2, 0) is 9.59 Å². The molecule has 0 radical (unpaired) electrons. The van der Waals surface area contributed by atoms with Gasteiger partial charge in [0.25, 0.3) is 0 Å². The first-order valence-corrected chi connectivity index (χ1v) is 8.13. The standard InChI is InChI=1S/C18H23NO5/c1-12-15(18(22)23)4-3-11-19(12)17(21)10-9-16(20)13-5-7-14(24-2)8-6-13/h5-8,12,15H,3-4,9-11H2,1-2H3,(H,22,23)/t12-,15-/m0/s1. The fourth-order valence-corrected chi connectivity index (χ4v) is 3.11. The van der Waals surface area contributed by atoms with Crippen molar-refractivity contribution in [3.05, 3.63) is 29.8 Å². The van der Waals surface area contributed by atoms with Crippen molar-refractivity contribution in [2.45, 2.75) is 38.6 Å². The molecule has 0 aromatic heterocycles. The largest absolute Gasteiger partial charge is 0.497 e. The molecule has 1 aliphatic heterocycles. The van der Waals surface area contributed by atoms with Gasteiger partial charge in [-0.2, -0.15) is 0 Å². The van der Waals surface area contributed by atoms with Gasteiger partial charge in [-0.3, -0.25) is 14.4 Å². The fraction of sp³-hybridized carbons (Fsp3) is 0.500. The Morgan fingerprint density at radius 1 is 1.21 bits per heavy atom. The van der Waals surface area contributed by atoms with Crippen molar-refractivity contribution in [2.75, 3.05) is 13.7 Å². The second-order valence-corrected chi connectivity index (χ2v) is 6.07. The lowest BCUT2D eigenvalue weighted by atomic mass is 9.90. The number of methoxy groups -OCH3 is 1. The molecular formula is C18H23NO5. The van der Waals surface area contributed by atoms with Gasteiger partial charge in [-0.1, -0.05) is 0 Å². The maximum atomic E-state index is 12.4. The molecule has 130 valence electrons. The zero-order valence-corrected chi connectivity index (χ0v) is 14.0. The molecule has 0 spiro atoms. The molecule has 0 unspecified atom stereocenters. The van der Waals surface area contributed by atoms with E-state index in [-0.39, 0.29) is 30.6 Å². The number of carboxylic acid groups (broad SMARTS) is 1. The fourth-order valence-electron chi connectivity index (χ4n) is 3.11. The Bertz CT molecular complexity index is 610. The van der Waals surface area contributed by atoms with E-state index in [1.807, 2.05) is 0 Å². The number of rotatable bonds is 6. The van der Waals surface area contributed by atoms with Gasteiger partial charge in [0.15, 0.2) is 5.78 Å². The van der Waals surface area contributed by atoms with E-state index in [0.717, 1.165) is 0 Å². The average Bonchev–Trinajstić information content (AvgIpc) is 2.59. The van der Waals surface area contributed by atoms with Gasteiger partial charge in [0, 0.05) is 31.0 Å². The molecule has 0 aliphatic carbocycles. The highest BCUT2D eigenvalue weighted by molar-refractivity contribution is 5.98. The maximum absolute atomic E-state index is 12.4. The molecule has 1 saturated heterocycles. The number of benzene rings is 1. The zero-order valence-electron chi connectivity index (χ0n) is 14.0. The third-order valence-electron chi connectivity index (χ3n) is 4.60. The van der Waals surface area contributed by atoms with Gasteiger partial charge in [-0.25, -0.2) is 0 Å². The van der Waals surface area contributed by atoms with Crippen molar-refractivity contribution < 1.29 is 24.2 Å². The Labute approximate surface area is 141 Å². The predicted octanol–water partition coefficient (Wildman–Crippen LogP) is 2.37. The predicted molar refractivity (Wildman–Crippen MR) is 88.1 cm³/mol. The number of carboxylic acids is 1. The average molecular weight is 333 g/mol. The first kappa shape index (κ1) is 18.0. The molecule has 1 N–H and O–H groups in total. The smallest absolute Gasteiger partial charge is 0.308 e. The highest BCUT2D eigenvalue weighted by Crippen LogP contribution is 2.25. The summed E-state index contributed by atoms with van der Waals surface area (Å²) in [6, 6.07) is 6.43. The molecule has 1 aromatic rings. The first-order valence-electron chi connectivity index (χ1n) is 8.13. The second kappa shape index (κ2) is 7.95. The topological polar surface area (TPSA) is 83.9 Å². The van der Waals surface area contributed by atoms with Gasteiger partial charge in [0.05, 0.1) is 13.0 Å². The lowest BCUT2D eigenvalue weighted by molar-refractivity contribution is -0.149. The van der Waals surface area contributed by atoms with E-state index in [0.29, 0.717) is 30.7 Å². The molecule has 1 heterocycles. The highest BCUT2D eigenvalue weighted by Gasteiger charge is 2.35. The molecule has 2 atom stereocenters. The number of Topliss-reactive ketones (excluding diaryl/α,β-unsaturated/α-hetero) is 1. The highest BCUT2D eigenvalue weighted by atomic mass is 16.5. The van der Waals surface area contributed by atoms with E-state index in [1.165, 1.54) is 0 Å². The van der Waals surface area contributed by atoms with Crippen molar-refractivity contribution in [3.8, 4) is 5.75 Å². The molecule has 1 fully saturated rings. The van der Waals surface area contributed by atoms with Crippen LogP contribution in [0.25, 0.3) is 0 Å². The molecule has 6 nitrogen and oxygen atoms in total. The summed E-state index contributed by atoms with van der Waals surface area (Å²) in [5, 5.41) is 9.22. The summed E-state index contributed by atoms with van der Waals surface area (Å²) >= 11 is 0. The van der Waals surface area contributed by atoms with Crippen LogP contribution >= 0.6 is 0 Å². The maximum Gasteiger partial charge on any atom is 0.308 e.